The highest BCUT2D eigenvalue weighted by Gasteiger charge is 2.38. The molecule has 0 fully saturated rings. The first-order valence-electron chi connectivity index (χ1n) is 17.0. The lowest BCUT2D eigenvalue weighted by atomic mass is 9.82. The van der Waals surface area contributed by atoms with Gasteiger partial charge in [-0.05, 0) is 82.7 Å². The highest BCUT2D eigenvalue weighted by molar-refractivity contribution is 6.10. The topological polar surface area (TPSA) is 8.17 Å². The molecule has 1 aromatic heterocycles. The van der Waals surface area contributed by atoms with Crippen LogP contribution in [0, 0.1) is 12.1 Å². The predicted molar refractivity (Wildman–Crippen MR) is 206 cm³/mol. The van der Waals surface area contributed by atoms with E-state index in [1.807, 2.05) is 6.07 Å². The van der Waals surface area contributed by atoms with E-state index in [0.717, 1.165) is 27.8 Å². The van der Waals surface area contributed by atoms with Crippen LogP contribution in [0.4, 0.5) is 17.1 Å². The van der Waals surface area contributed by atoms with Crippen molar-refractivity contribution >= 4 is 60.4 Å². The number of benzene rings is 7. The number of fused-ring (bicyclic) bond motifs is 8. The van der Waals surface area contributed by atoms with Gasteiger partial charge < -0.3 is 9.47 Å². The summed E-state index contributed by atoms with van der Waals surface area (Å²) < 4.78 is 2.47. The largest absolute Gasteiger partial charge is 0.309 e. The van der Waals surface area contributed by atoms with Gasteiger partial charge in [0.05, 0.1) is 28.1 Å². The number of para-hydroxylation sites is 2. The Kier molecular flexibility index (Phi) is 5.87. The molecular formula is C47H32N2. The summed E-state index contributed by atoms with van der Waals surface area (Å²) in [7, 11) is 0. The third-order valence-electron chi connectivity index (χ3n) is 10.6. The van der Waals surface area contributed by atoms with Crippen molar-refractivity contribution in [3.8, 4) is 16.8 Å². The smallest absolute Gasteiger partial charge is 0.0547 e. The summed E-state index contributed by atoms with van der Waals surface area (Å²) >= 11 is 0. The number of aromatic nitrogens is 1. The van der Waals surface area contributed by atoms with Gasteiger partial charge in [-0.3, -0.25) is 0 Å². The molecule has 0 atom stereocenters. The fourth-order valence-corrected chi connectivity index (χ4v) is 8.35. The van der Waals surface area contributed by atoms with Crippen LogP contribution in [0.5, 0.6) is 0 Å². The van der Waals surface area contributed by atoms with Crippen molar-refractivity contribution in [3.63, 3.8) is 0 Å². The molecule has 230 valence electrons. The van der Waals surface area contributed by atoms with Gasteiger partial charge in [-0.1, -0.05) is 123 Å². The summed E-state index contributed by atoms with van der Waals surface area (Å²) in [5.74, 6) is 0. The Morgan fingerprint density at radius 2 is 1.20 bits per heavy atom. The molecule has 49 heavy (non-hydrogen) atoms. The zero-order valence-corrected chi connectivity index (χ0v) is 27.4. The molecule has 0 aliphatic heterocycles. The molecule has 0 amide bonds. The van der Waals surface area contributed by atoms with Crippen LogP contribution >= 0.6 is 0 Å². The summed E-state index contributed by atoms with van der Waals surface area (Å²) in [4.78, 5) is 2.44. The van der Waals surface area contributed by atoms with E-state index in [0.29, 0.717) is 0 Å². The Bertz CT molecular complexity index is 2620. The van der Waals surface area contributed by atoms with E-state index in [1.54, 1.807) is 0 Å². The molecule has 0 saturated heterocycles. The Balaban J connectivity index is 1.23. The third-order valence-corrected chi connectivity index (χ3v) is 10.6. The fourth-order valence-electron chi connectivity index (χ4n) is 8.35. The van der Waals surface area contributed by atoms with Gasteiger partial charge in [-0.25, -0.2) is 0 Å². The first-order valence-corrected chi connectivity index (χ1v) is 17.0. The lowest BCUT2D eigenvalue weighted by Gasteiger charge is -2.29. The number of hydrogen-bond acceptors (Lipinski definition) is 1. The summed E-state index contributed by atoms with van der Waals surface area (Å²) in [6.07, 6.45) is 0. The summed E-state index contributed by atoms with van der Waals surface area (Å²) in [6.45, 7) is 4.75. The monoisotopic (exact) mass is 624 g/mol. The van der Waals surface area contributed by atoms with Gasteiger partial charge >= 0.3 is 0 Å². The molecule has 8 aromatic carbocycles. The fraction of sp³-hybridized carbons (Fsp3) is 0.0638. The highest BCUT2D eigenvalue weighted by Crippen LogP contribution is 2.54. The number of anilines is 3. The molecule has 0 saturated carbocycles. The average Bonchev–Trinajstić information content (AvgIpc) is 3.60. The summed E-state index contributed by atoms with van der Waals surface area (Å²) in [5, 5.41) is 7.18. The minimum Gasteiger partial charge on any atom is -0.309 e. The maximum atomic E-state index is 3.34. The Morgan fingerprint density at radius 3 is 2.00 bits per heavy atom. The summed E-state index contributed by atoms with van der Waals surface area (Å²) in [5.41, 5.74) is 12.2. The van der Waals surface area contributed by atoms with Gasteiger partial charge in [0.15, 0.2) is 0 Å². The standard InChI is InChI=1S/C47H32N2/c1-47(2)39-22-13-27-45(49-43-23-9-7-20-36(43)37-21-8-10-24-44(37)49)46(39)38-29-28-33(30-40(38)47)48(41-25-11-16-31-14-3-5-18-34(31)41)42-26-12-17-32-15-4-6-19-35(32)42/h3,5-14,16-30H,1-2H3. The number of nitrogens with zero attached hydrogens (tertiary/aromatic N) is 2. The predicted octanol–water partition coefficient (Wildman–Crippen LogP) is 12.5. The molecule has 1 aliphatic carbocycles. The van der Waals surface area contributed by atoms with Crippen molar-refractivity contribution in [2.75, 3.05) is 4.90 Å². The van der Waals surface area contributed by atoms with Crippen molar-refractivity contribution in [1.29, 1.82) is 0 Å². The van der Waals surface area contributed by atoms with E-state index >= 15 is 0 Å². The van der Waals surface area contributed by atoms with E-state index in [4.69, 9.17) is 0 Å². The molecule has 2 heteroatoms. The molecule has 0 unspecified atom stereocenters. The quantitative estimate of drug-likeness (QED) is 0.189. The second-order valence-corrected chi connectivity index (χ2v) is 13.6. The van der Waals surface area contributed by atoms with Gasteiger partial charge in [-0.15, -0.1) is 0 Å². The first-order chi connectivity index (χ1) is 24.1. The van der Waals surface area contributed by atoms with Gasteiger partial charge in [0.25, 0.3) is 0 Å². The molecule has 9 aromatic rings. The highest BCUT2D eigenvalue weighted by atomic mass is 15.1. The molecule has 0 N–H and O–H groups in total. The van der Waals surface area contributed by atoms with Gasteiger partial charge in [0.1, 0.15) is 0 Å². The maximum absolute atomic E-state index is 3.34. The summed E-state index contributed by atoms with van der Waals surface area (Å²) in [6, 6.07) is 63.9. The molecular weight excluding hydrogens is 593 g/mol. The minimum atomic E-state index is -0.207. The molecule has 1 heterocycles. The van der Waals surface area contributed by atoms with Crippen molar-refractivity contribution in [1.82, 2.24) is 4.57 Å². The first kappa shape index (κ1) is 27.8. The van der Waals surface area contributed by atoms with E-state index in [-0.39, 0.29) is 5.41 Å². The second-order valence-electron chi connectivity index (χ2n) is 13.6. The van der Waals surface area contributed by atoms with E-state index in [2.05, 4.69) is 187 Å². The van der Waals surface area contributed by atoms with Crippen LogP contribution in [0.2, 0.25) is 0 Å². The van der Waals surface area contributed by atoms with Crippen LogP contribution in [-0.2, 0) is 5.41 Å². The minimum absolute atomic E-state index is 0.207. The zero-order valence-electron chi connectivity index (χ0n) is 27.4. The number of hydrogen-bond donors (Lipinski definition) is 0. The van der Waals surface area contributed by atoms with Crippen LogP contribution < -0.4 is 4.90 Å². The third kappa shape index (κ3) is 3.97. The van der Waals surface area contributed by atoms with Crippen LogP contribution in [0.3, 0.4) is 0 Å². The van der Waals surface area contributed by atoms with E-state index in [1.165, 1.54) is 60.5 Å². The van der Waals surface area contributed by atoms with Gasteiger partial charge in [0, 0.05) is 43.6 Å². The molecule has 0 radical (unpaired) electrons. The zero-order chi connectivity index (χ0) is 32.7. The van der Waals surface area contributed by atoms with Crippen molar-refractivity contribution in [2.45, 2.75) is 19.3 Å². The van der Waals surface area contributed by atoms with Crippen molar-refractivity contribution < 1.29 is 0 Å². The van der Waals surface area contributed by atoms with Gasteiger partial charge in [-0.2, -0.15) is 0 Å². The van der Waals surface area contributed by atoms with Gasteiger partial charge in [0.2, 0.25) is 0 Å². The second kappa shape index (κ2) is 10.3. The van der Waals surface area contributed by atoms with E-state index < -0.39 is 0 Å². The van der Waals surface area contributed by atoms with Crippen LogP contribution in [0.1, 0.15) is 25.0 Å². The molecule has 0 spiro atoms. The Labute approximate surface area is 286 Å². The van der Waals surface area contributed by atoms with Crippen LogP contribution in [-0.4, -0.2) is 4.57 Å². The molecule has 0 bridgehead atoms. The van der Waals surface area contributed by atoms with Crippen LogP contribution in [0.25, 0.3) is 60.2 Å². The van der Waals surface area contributed by atoms with Crippen molar-refractivity contribution in [3.05, 3.63) is 181 Å². The average molecular weight is 625 g/mol. The lowest BCUT2D eigenvalue weighted by molar-refractivity contribution is 0.660. The van der Waals surface area contributed by atoms with Crippen LogP contribution in [0.15, 0.2) is 158 Å². The maximum Gasteiger partial charge on any atom is 0.0547 e. The Hall–Kier alpha value is -6.30. The molecule has 10 rings (SSSR count). The number of rotatable bonds is 4. The molecule has 2 nitrogen and oxygen atoms in total. The van der Waals surface area contributed by atoms with E-state index in [9.17, 15) is 0 Å². The molecule has 1 aliphatic rings. The normalized spacial score (nSPS) is 13.1. The SMILES string of the molecule is CC1(C)c2cc(N(c3cccc4c#cccc34)c3cccc4ccccc34)ccc2-c2c(-n3c4ccccc4c4ccccc43)cccc21. The van der Waals surface area contributed by atoms with Crippen molar-refractivity contribution in [2.24, 2.45) is 0 Å². The Morgan fingerprint density at radius 1 is 0.551 bits per heavy atom. The lowest BCUT2D eigenvalue weighted by Crippen LogP contribution is -2.17.